The number of benzene rings is 1. The van der Waals surface area contributed by atoms with Crippen LogP contribution in [0.4, 0.5) is 0 Å². The molecule has 4 nitrogen and oxygen atoms in total. The van der Waals surface area contributed by atoms with E-state index in [2.05, 4.69) is 34.3 Å². The van der Waals surface area contributed by atoms with Crippen LogP contribution >= 0.6 is 0 Å². The van der Waals surface area contributed by atoms with Crippen molar-refractivity contribution in [3.05, 3.63) is 35.8 Å². The van der Waals surface area contributed by atoms with Crippen molar-refractivity contribution in [2.24, 2.45) is 0 Å². The van der Waals surface area contributed by atoms with Crippen LogP contribution in [0.3, 0.4) is 0 Å². The molecule has 0 radical (unpaired) electrons. The molecule has 0 spiro atoms. The number of methoxy groups -OCH3 is 1. The lowest BCUT2D eigenvalue weighted by atomic mass is 9.97. The fourth-order valence-corrected chi connectivity index (χ4v) is 2.81. The van der Waals surface area contributed by atoms with E-state index in [-0.39, 0.29) is 0 Å². The minimum atomic E-state index is 0.542. The highest BCUT2D eigenvalue weighted by Crippen LogP contribution is 2.31. The Morgan fingerprint density at radius 3 is 2.80 bits per heavy atom. The summed E-state index contributed by atoms with van der Waals surface area (Å²) in [5.41, 5.74) is 3.35. The van der Waals surface area contributed by atoms with E-state index in [1.54, 1.807) is 7.11 Å². The van der Waals surface area contributed by atoms with E-state index in [1.165, 1.54) is 5.56 Å². The first kappa shape index (κ1) is 13.2. The van der Waals surface area contributed by atoms with Crippen LogP contribution in [-0.2, 0) is 0 Å². The number of nitrogens with one attached hydrogen (secondary N) is 2. The van der Waals surface area contributed by atoms with E-state index < -0.39 is 0 Å². The zero-order valence-electron chi connectivity index (χ0n) is 12.1. The summed E-state index contributed by atoms with van der Waals surface area (Å²) in [5.74, 6) is 2.53. The van der Waals surface area contributed by atoms with Gasteiger partial charge in [-0.3, -0.25) is 0 Å². The second-order valence-corrected chi connectivity index (χ2v) is 5.41. The van der Waals surface area contributed by atoms with Crippen molar-refractivity contribution >= 4 is 0 Å². The highest BCUT2D eigenvalue weighted by atomic mass is 16.5. The van der Waals surface area contributed by atoms with Crippen LogP contribution in [0.15, 0.2) is 24.4 Å². The summed E-state index contributed by atoms with van der Waals surface area (Å²) in [4.78, 5) is 8.06. The number of imidazole rings is 1. The Hall–Kier alpha value is -1.81. The van der Waals surface area contributed by atoms with Gasteiger partial charge in [-0.15, -0.1) is 0 Å². The van der Waals surface area contributed by atoms with Gasteiger partial charge in [0.15, 0.2) is 0 Å². The summed E-state index contributed by atoms with van der Waals surface area (Å²) in [6.07, 6.45) is 4.23. The largest absolute Gasteiger partial charge is 0.496 e. The molecule has 0 amide bonds. The Morgan fingerprint density at radius 2 is 2.05 bits per heavy atom. The third-order valence-corrected chi connectivity index (χ3v) is 3.97. The minimum Gasteiger partial charge on any atom is -0.496 e. The van der Waals surface area contributed by atoms with Gasteiger partial charge in [-0.2, -0.15) is 0 Å². The van der Waals surface area contributed by atoms with Gasteiger partial charge in [0.25, 0.3) is 0 Å². The van der Waals surface area contributed by atoms with Gasteiger partial charge in [-0.05, 0) is 45.0 Å². The van der Waals surface area contributed by atoms with Crippen molar-refractivity contribution in [1.82, 2.24) is 15.3 Å². The molecular weight excluding hydrogens is 250 g/mol. The average Bonchev–Trinajstić information content (AvgIpc) is 2.98. The Kier molecular flexibility index (Phi) is 3.74. The lowest BCUT2D eigenvalue weighted by molar-refractivity contribution is 0.416. The van der Waals surface area contributed by atoms with E-state index in [4.69, 9.17) is 4.74 Å². The summed E-state index contributed by atoms with van der Waals surface area (Å²) < 4.78 is 5.45. The van der Waals surface area contributed by atoms with Crippen LogP contribution in [0, 0.1) is 6.92 Å². The van der Waals surface area contributed by atoms with Crippen molar-refractivity contribution in [3.8, 4) is 17.0 Å². The quantitative estimate of drug-likeness (QED) is 0.902. The van der Waals surface area contributed by atoms with Gasteiger partial charge in [0.1, 0.15) is 11.6 Å². The van der Waals surface area contributed by atoms with Crippen molar-refractivity contribution < 1.29 is 4.74 Å². The van der Waals surface area contributed by atoms with Crippen LogP contribution in [-0.4, -0.2) is 30.2 Å². The van der Waals surface area contributed by atoms with Crippen LogP contribution in [0.1, 0.15) is 30.1 Å². The highest BCUT2D eigenvalue weighted by Gasteiger charge is 2.19. The minimum absolute atomic E-state index is 0.542. The van der Waals surface area contributed by atoms with Gasteiger partial charge >= 0.3 is 0 Å². The molecule has 3 rings (SSSR count). The maximum atomic E-state index is 5.45. The van der Waals surface area contributed by atoms with Gasteiger partial charge < -0.3 is 15.0 Å². The molecule has 2 N–H and O–H groups in total. The van der Waals surface area contributed by atoms with Gasteiger partial charge in [-0.25, -0.2) is 4.98 Å². The number of aryl methyl sites for hydroxylation is 1. The first-order valence-corrected chi connectivity index (χ1v) is 7.18. The van der Waals surface area contributed by atoms with Crippen molar-refractivity contribution in [2.75, 3.05) is 20.2 Å². The SMILES string of the molecule is COc1ccc(C)cc1-c1cnc(C2CCNCC2)[nH]1. The molecule has 4 heteroatoms. The summed E-state index contributed by atoms with van der Waals surface area (Å²) in [5, 5.41) is 3.39. The Labute approximate surface area is 119 Å². The lowest BCUT2D eigenvalue weighted by Gasteiger charge is -2.20. The second-order valence-electron chi connectivity index (χ2n) is 5.41. The van der Waals surface area contributed by atoms with Crippen LogP contribution < -0.4 is 10.1 Å². The average molecular weight is 271 g/mol. The molecule has 1 aromatic heterocycles. The topological polar surface area (TPSA) is 49.9 Å². The molecule has 0 atom stereocenters. The molecule has 106 valence electrons. The molecule has 2 aromatic rings. The van der Waals surface area contributed by atoms with Gasteiger partial charge in [0.2, 0.25) is 0 Å². The summed E-state index contributed by atoms with van der Waals surface area (Å²) in [6.45, 7) is 4.25. The zero-order chi connectivity index (χ0) is 13.9. The molecule has 1 aliphatic heterocycles. The van der Waals surface area contributed by atoms with Crippen molar-refractivity contribution in [1.29, 1.82) is 0 Å². The lowest BCUT2D eigenvalue weighted by Crippen LogP contribution is -2.27. The van der Waals surface area contributed by atoms with Crippen molar-refractivity contribution in [3.63, 3.8) is 0 Å². The standard InChI is InChI=1S/C16H21N3O/c1-11-3-4-15(20-2)13(9-11)14-10-18-16(19-14)12-5-7-17-8-6-12/h3-4,9-10,12,17H,5-8H2,1-2H3,(H,18,19). The third-order valence-electron chi connectivity index (χ3n) is 3.97. The zero-order valence-corrected chi connectivity index (χ0v) is 12.1. The highest BCUT2D eigenvalue weighted by molar-refractivity contribution is 5.67. The predicted molar refractivity (Wildman–Crippen MR) is 80.2 cm³/mol. The number of H-pyrrole nitrogens is 1. The fourth-order valence-electron chi connectivity index (χ4n) is 2.81. The Balaban J connectivity index is 1.91. The molecule has 0 unspecified atom stereocenters. The number of hydrogen-bond acceptors (Lipinski definition) is 3. The Bertz CT molecular complexity index is 585. The first-order chi connectivity index (χ1) is 9.78. The number of piperidine rings is 1. The van der Waals surface area contributed by atoms with E-state index in [0.29, 0.717) is 5.92 Å². The normalized spacial score (nSPS) is 16.3. The molecule has 20 heavy (non-hydrogen) atoms. The van der Waals surface area contributed by atoms with Crippen LogP contribution in [0.25, 0.3) is 11.3 Å². The maximum absolute atomic E-state index is 5.45. The number of rotatable bonds is 3. The molecule has 0 aliphatic carbocycles. The predicted octanol–water partition coefficient (Wildman–Crippen LogP) is 2.86. The maximum Gasteiger partial charge on any atom is 0.128 e. The molecule has 1 aliphatic rings. The number of aromatic nitrogens is 2. The van der Waals surface area contributed by atoms with Crippen LogP contribution in [0.2, 0.25) is 0 Å². The van der Waals surface area contributed by atoms with E-state index in [0.717, 1.165) is 48.8 Å². The van der Waals surface area contributed by atoms with Gasteiger partial charge in [0.05, 0.1) is 19.0 Å². The second kappa shape index (κ2) is 5.67. The van der Waals surface area contributed by atoms with E-state index in [9.17, 15) is 0 Å². The molecule has 2 heterocycles. The smallest absolute Gasteiger partial charge is 0.128 e. The molecular formula is C16H21N3O. The monoisotopic (exact) mass is 271 g/mol. The number of hydrogen-bond donors (Lipinski definition) is 2. The van der Waals surface area contributed by atoms with E-state index in [1.807, 2.05) is 12.3 Å². The first-order valence-electron chi connectivity index (χ1n) is 7.18. The van der Waals surface area contributed by atoms with E-state index >= 15 is 0 Å². The van der Waals surface area contributed by atoms with Gasteiger partial charge in [0, 0.05) is 11.5 Å². The Morgan fingerprint density at radius 1 is 1.25 bits per heavy atom. The summed E-state index contributed by atoms with van der Waals surface area (Å²) in [7, 11) is 1.71. The molecule has 0 bridgehead atoms. The van der Waals surface area contributed by atoms with Gasteiger partial charge in [-0.1, -0.05) is 11.6 Å². The molecule has 1 aromatic carbocycles. The fraction of sp³-hybridized carbons (Fsp3) is 0.438. The summed E-state index contributed by atoms with van der Waals surface area (Å²) in [6, 6.07) is 6.21. The third kappa shape index (κ3) is 2.56. The number of nitrogens with zero attached hydrogens (tertiary/aromatic N) is 1. The summed E-state index contributed by atoms with van der Waals surface area (Å²) >= 11 is 0. The number of ether oxygens (including phenoxy) is 1. The molecule has 0 saturated carbocycles. The molecule has 1 fully saturated rings. The van der Waals surface area contributed by atoms with Crippen molar-refractivity contribution in [2.45, 2.75) is 25.7 Å². The van der Waals surface area contributed by atoms with Crippen LogP contribution in [0.5, 0.6) is 5.75 Å². The molecule has 1 saturated heterocycles. The number of aromatic amines is 1.